The maximum atomic E-state index is 12.3. The van der Waals surface area contributed by atoms with Gasteiger partial charge in [-0.2, -0.15) is 10.5 Å². The summed E-state index contributed by atoms with van der Waals surface area (Å²) in [4.78, 5) is 3.32. The van der Waals surface area contributed by atoms with Crippen molar-refractivity contribution in [1.29, 1.82) is 10.5 Å². The highest BCUT2D eigenvalue weighted by Crippen LogP contribution is 2.16. The van der Waals surface area contributed by atoms with Crippen LogP contribution in [0.15, 0.2) is 255 Å². The summed E-state index contributed by atoms with van der Waals surface area (Å²) in [5, 5.41) is 16.8. The first-order valence-electron chi connectivity index (χ1n) is 28.5. The van der Waals surface area contributed by atoms with Crippen LogP contribution in [0.25, 0.3) is 4.85 Å². The highest BCUT2D eigenvalue weighted by molar-refractivity contribution is 5.50. The molecular formula is C75H78F3N3. The van der Waals surface area contributed by atoms with E-state index in [1.165, 1.54) is 70.6 Å². The maximum absolute atomic E-state index is 12.3. The Hall–Kier alpha value is -9.54. The molecule has 414 valence electrons. The van der Waals surface area contributed by atoms with Crippen molar-refractivity contribution < 1.29 is 20.0 Å². The van der Waals surface area contributed by atoms with E-state index >= 15 is 0 Å². The van der Waals surface area contributed by atoms with Crippen LogP contribution in [-0.4, -0.2) is 0 Å². The fourth-order valence-corrected chi connectivity index (χ4v) is 6.04. The van der Waals surface area contributed by atoms with Crippen LogP contribution in [0.1, 0.15) is 84.7 Å². The van der Waals surface area contributed by atoms with Crippen molar-refractivity contribution in [1.82, 2.24) is 0 Å². The smallest absolute Gasteiger partial charge is 0.190 e. The van der Waals surface area contributed by atoms with Gasteiger partial charge < -0.3 is 0 Å². The van der Waals surface area contributed by atoms with Crippen molar-refractivity contribution in [3.05, 3.63) is 361 Å². The van der Waals surface area contributed by atoms with Gasteiger partial charge in [0.1, 0.15) is 17.5 Å². The zero-order chi connectivity index (χ0) is 64.6. The second-order valence-electron chi connectivity index (χ2n) is 18.3. The second kappa shape index (κ2) is 42.5. The molecular weight excluding hydrogens is 1000 g/mol. The second-order valence-corrected chi connectivity index (χ2v) is 18.3. The lowest BCUT2D eigenvalue weighted by Gasteiger charge is -1.93. The Morgan fingerprint density at radius 3 is 1.05 bits per heavy atom. The third-order valence-corrected chi connectivity index (χ3v) is 10.8. The molecule has 3 nitrogen and oxygen atoms in total. The molecule has 0 aromatic heterocycles. The Labute approximate surface area is 490 Å². The minimum atomic E-state index is -0.337. The van der Waals surface area contributed by atoms with E-state index in [2.05, 4.69) is 112 Å². The Morgan fingerprint density at radius 2 is 0.728 bits per heavy atom. The summed E-state index contributed by atoms with van der Waals surface area (Å²) in [7, 11) is 0. The number of para-hydroxylation sites is 1. The predicted molar refractivity (Wildman–Crippen MR) is 337 cm³/mol. The van der Waals surface area contributed by atoms with Crippen LogP contribution in [-0.2, 0) is 0 Å². The largest absolute Gasteiger partial charge is 0.238 e. The van der Waals surface area contributed by atoms with Gasteiger partial charge in [-0.3, -0.25) is 0 Å². The normalized spacial score (nSPS) is 9.75. The van der Waals surface area contributed by atoms with E-state index < -0.39 is 0 Å². The summed E-state index contributed by atoms with van der Waals surface area (Å²) >= 11 is 0. The molecule has 10 aromatic rings. The number of hydrogen-bond donors (Lipinski definition) is 0. The zero-order valence-electron chi connectivity index (χ0n) is 53.8. The molecule has 10 rings (SSSR count). The number of aryl methyl sites for hydroxylation is 11. The monoisotopic (exact) mass is 1080 g/mol. The van der Waals surface area contributed by atoms with E-state index in [0.29, 0.717) is 11.1 Å². The first-order chi connectivity index (χ1) is 40.8. The Bertz CT molecular complexity index is 3410. The summed E-state index contributed by atoms with van der Waals surface area (Å²) in [5.41, 5.74) is 15.4. The van der Waals surface area contributed by atoms with Crippen molar-refractivity contribution in [2.45, 2.75) is 83.1 Å². The van der Waals surface area contributed by atoms with Crippen LogP contribution in [0.3, 0.4) is 0 Å². The topological polar surface area (TPSA) is 51.9 Å². The van der Waals surface area contributed by atoms with Gasteiger partial charge in [0.15, 0.2) is 5.69 Å². The van der Waals surface area contributed by atoms with Crippen molar-refractivity contribution in [3.8, 4) is 12.1 Å². The highest BCUT2D eigenvalue weighted by atomic mass is 19.1. The SMILES string of the molecule is Cc1ccc(C#N)cc1.Cc1ccc(F)cc1.Cc1cccc(C#N)c1.Cc1cccc(C)c1.Cc1cccc(F)c1.Cc1ccccc1.Cc1ccccc1C.Cc1ccccc1F.[2H]c1c([2H])c([2H])c(C)c([2H])c1[2H].[C-]#[N+]c1ccccc1C. The molecule has 0 heterocycles. The third-order valence-electron chi connectivity index (χ3n) is 10.8. The average Bonchev–Trinajstić information content (AvgIpc) is 3.69. The molecule has 0 bridgehead atoms. The Balaban J connectivity index is 0.000000479. The van der Waals surface area contributed by atoms with Crippen LogP contribution in [0.5, 0.6) is 0 Å². The fraction of sp³-hybridized carbons (Fsp3) is 0.160. The molecule has 0 radical (unpaired) electrons. The summed E-state index contributed by atoms with van der Waals surface area (Å²) in [5.74, 6) is -0.465. The number of benzene rings is 10. The van der Waals surface area contributed by atoms with Crippen molar-refractivity contribution in [2.75, 3.05) is 0 Å². The number of rotatable bonds is 0. The molecule has 0 spiro atoms. The molecule has 0 saturated carbocycles. The van der Waals surface area contributed by atoms with Gasteiger partial charge in [-0.25, -0.2) is 18.0 Å². The number of nitrogens with zero attached hydrogens (tertiary/aromatic N) is 3. The van der Waals surface area contributed by atoms with Crippen LogP contribution in [0.4, 0.5) is 18.9 Å². The van der Waals surface area contributed by atoms with Gasteiger partial charge in [0, 0.05) is 0 Å². The lowest BCUT2D eigenvalue weighted by Crippen LogP contribution is -1.76. The molecule has 6 heteroatoms. The molecule has 0 amide bonds. The standard InChI is InChI=1S/3C8H7N.2C8H10.3C7H7F.2C7H8/c1-7-5-3-4-6-8(7)9-2;1-7-2-4-8(6-9)5-3-7;1-7-3-2-4-8(5-7)6-9;1-7-4-3-5-8(2)6-7;1-7-5-3-4-6-8(7)2;1-6-2-4-7(8)5-3-6;1-6-3-2-4-7(8)5-6;1-6-4-2-3-5-7(6)8;2*1-7-5-3-2-4-6-7/h3-6H,1H3;2*2-5H,1H3;2*3-6H,1-2H3;3*2-5H,1H3;2*2-6H,1H3/i;;;;;;;;2D,3D,4D,5D,6D;. The molecule has 81 heavy (non-hydrogen) atoms. The molecule has 0 aliphatic rings. The Kier molecular flexibility index (Phi) is 31.8. The highest BCUT2D eigenvalue weighted by Gasteiger charge is 1.92. The molecule has 0 saturated heterocycles. The van der Waals surface area contributed by atoms with E-state index in [9.17, 15) is 13.2 Å². The quantitative estimate of drug-likeness (QED) is 0.142. The van der Waals surface area contributed by atoms with Crippen molar-refractivity contribution in [3.63, 3.8) is 0 Å². The average molecular weight is 1080 g/mol. The minimum Gasteiger partial charge on any atom is -0.238 e. The zero-order valence-corrected chi connectivity index (χ0v) is 48.8. The summed E-state index contributed by atoms with van der Waals surface area (Å²) in [6.07, 6.45) is 0. The van der Waals surface area contributed by atoms with E-state index in [1.54, 1.807) is 43.3 Å². The number of hydrogen-bond acceptors (Lipinski definition) is 2. The van der Waals surface area contributed by atoms with Crippen LogP contribution in [0.2, 0.25) is 0 Å². The van der Waals surface area contributed by atoms with Crippen LogP contribution in [0, 0.1) is 130 Å². The van der Waals surface area contributed by atoms with Crippen molar-refractivity contribution in [2.24, 2.45) is 0 Å². The minimum absolute atomic E-state index is 0.124. The van der Waals surface area contributed by atoms with Crippen LogP contribution >= 0.6 is 0 Å². The molecule has 0 atom stereocenters. The maximum Gasteiger partial charge on any atom is 0.190 e. The number of halogens is 3. The van der Waals surface area contributed by atoms with Gasteiger partial charge in [-0.1, -0.05) is 233 Å². The lowest BCUT2D eigenvalue weighted by molar-refractivity contribution is 0.618. The number of nitriles is 2. The molecule has 0 unspecified atom stereocenters. The molecule has 0 aliphatic heterocycles. The molecule has 0 aliphatic carbocycles. The van der Waals surface area contributed by atoms with Gasteiger partial charge in [0.05, 0.1) is 36.7 Å². The Morgan fingerprint density at radius 1 is 0.333 bits per heavy atom. The summed E-state index contributed by atoms with van der Waals surface area (Å²) in [6.45, 7) is 30.2. The van der Waals surface area contributed by atoms with Gasteiger partial charge in [-0.05, 0) is 171 Å². The fourth-order valence-electron chi connectivity index (χ4n) is 6.04. The predicted octanol–water partition coefficient (Wildman–Crippen LogP) is 21.3. The lowest BCUT2D eigenvalue weighted by atomic mass is 10.1. The van der Waals surface area contributed by atoms with E-state index in [1.807, 2.05) is 132 Å². The van der Waals surface area contributed by atoms with E-state index in [0.717, 1.165) is 39.1 Å². The first kappa shape index (κ1) is 60.7. The molecule has 0 N–H and O–H groups in total. The van der Waals surface area contributed by atoms with Gasteiger partial charge >= 0.3 is 0 Å². The van der Waals surface area contributed by atoms with Gasteiger partial charge in [0.2, 0.25) is 0 Å². The summed E-state index contributed by atoms with van der Waals surface area (Å²) in [6, 6.07) is 72.2. The molecule has 0 fully saturated rings. The van der Waals surface area contributed by atoms with Crippen LogP contribution < -0.4 is 0 Å². The first-order valence-corrected chi connectivity index (χ1v) is 26.0. The van der Waals surface area contributed by atoms with Gasteiger partial charge in [-0.15, -0.1) is 0 Å². The third kappa shape index (κ3) is 36.2. The molecule has 10 aromatic carbocycles. The van der Waals surface area contributed by atoms with E-state index in [-0.39, 0.29) is 47.7 Å². The summed E-state index contributed by atoms with van der Waals surface area (Å²) < 4.78 is 72.9. The van der Waals surface area contributed by atoms with E-state index in [4.69, 9.17) is 23.9 Å². The van der Waals surface area contributed by atoms with Crippen molar-refractivity contribution >= 4 is 5.69 Å². The van der Waals surface area contributed by atoms with Gasteiger partial charge in [0.25, 0.3) is 0 Å².